The van der Waals surface area contributed by atoms with Gasteiger partial charge in [0.2, 0.25) is 0 Å². The predicted octanol–water partition coefficient (Wildman–Crippen LogP) is 4.55. The Hall–Kier alpha value is -1.10. The van der Waals surface area contributed by atoms with Gasteiger partial charge in [-0.15, -0.1) is 0 Å². The lowest BCUT2D eigenvalue weighted by molar-refractivity contribution is -0.153. The molecule has 33 heavy (non-hydrogen) atoms. The van der Waals surface area contributed by atoms with Gasteiger partial charge in [0.15, 0.2) is 0 Å². The molecule has 4 heteroatoms. The fraction of sp³-hybridized carbons (Fsp3) is 0.793. The molecule has 6 rings (SSSR count). The van der Waals surface area contributed by atoms with Crippen LogP contribution in [0.1, 0.15) is 65.2 Å². The summed E-state index contributed by atoms with van der Waals surface area (Å²) in [7, 11) is 0. The molecule has 1 aromatic rings. The van der Waals surface area contributed by atoms with Gasteiger partial charge in [-0.1, -0.05) is 32.0 Å². The van der Waals surface area contributed by atoms with Gasteiger partial charge in [-0.2, -0.15) is 0 Å². The summed E-state index contributed by atoms with van der Waals surface area (Å²) >= 11 is 0. The van der Waals surface area contributed by atoms with Crippen LogP contribution in [0, 0.1) is 34.5 Å². The summed E-state index contributed by atoms with van der Waals surface area (Å²) in [4.78, 5) is 5.13. The van der Waals surface area contributed by atoms with Gasteiger partial charge in [0.1, 0.15) is 0 Å². The Labute approximate surface area is 200 Å². The molecule has 4 saturated carbocycles. The van der Waals surface area contributed by atoms with E-state index in [9.17, 15) is 10.2 Å². The first-order valence-electron chi connectivity index (χ1n) is 13.8. The Morgan fingerprint density at radius 3 is 2.30 bits per heavy atom. The van der Waals surface area contributed by atoms with Crippen molar-refractivity contribution in [1.29, 1.82) is 0 Å². The van der Waals surface area contributed by atoms with E-state index in [-0.39, 0.29) is 17.6 Å². The van der Waals surface area contributed by atoms with E-state index in [1.54, 1.807) is 0 Å². The molecule has 0 spiro atoms. The Kier molecular flexibility index (Phi) is 5.59. The zero-order valence-electron chi connectivity index (χ0n) is 20.7. The largest absolute Gasteiger partial charge is 0.393 e. The smallest absolute Gasteiger partial charge is 0.0698 e. The zero-order chi connectivity index (χ0) is 22.8. The lowest BCUT2D eigenvalue weighted by atomic mass is 9.44. The third-order valence-corrected chi connectivity index (χ3v) is 11.5. The van der Waals surface area contributed by atoms with Gasteiger partial charge in [-0.3, -0.25) is 4.90 Å². The minimum absolute atomic E-state index is 0.0872. The molecule has 0 amide bonds. The van der Waals surface area contributed by atoms with Crippen LogP contribution in [0.3, 0.4) is 0 Å². The first-order chi connectivity index (χ1) is 15.9. The van der Waals surface area contributed by atoms with Crippen molar-refractivity contribution in [1.82, 2.24) is 4.90 Å². The number of fused-ring (bicyclic) bond motifs is 5. The highest BCUT2D eigenvalue weighted by molar-refractivity contribution is 5.46. The maximum absolute atomic E-state index is 11.3. The fourth-order valence-electron chi connectivity index (χ4n) is 9.57. The summed E-state index contributed by atoms with van der Waals surface area (Å²) in [5, 5.41) is 22.1. The van der Waals surface area contributed by atoms with Gasteiger partial charge in [-0.25, -0.2) is 0 Å². The number of aliphatic hydroxyl groups is 2. The molecule has 4 nitrogen and oxygen atoms in total. The van der Waals surface area contributed by atoms with Gasteiger partial charge in [0, 0.05) is 37.9 Å². The number of nitrogens with zero attached hydrogens (tertiary/aromatic N) is 2. The van der Waals surface area contributed by atoms with Crippen molar-refractivity contribution in [3.05, 3.63) is 30.3 Å². The third kappa shape index (κ3) is 3.50. The number of aliphatic hydroxyl groups excluding tert-OH is 2. The van der Waals surface area contributed by atoms with Crippen molar-refractivity contribution >= 4 is 5.69 Å². The summed E-state index contributed by atoms with van der Waals surface area (Å²) in [6.07, 6.45) is 9.23. The molecule has 1 saturated heterocycles. The Balaban J connectivity index is 1.18. The number of rotatable bonds is 2. The summed E-state index contributed by atoms with van der Waals surface area (Å²) in [5.74, 6) is 2.95. The Morgan fingerprint density at radius 1 is 0.818 bits per heavy atom. The molecule has 0 radical (unpaired) electrons. The summed E-state index contributed by atoms with van der Waals surface area (Å²) < 4.78 is 0. The normalized spacial score (nSPS) is 48.1. The van der Waals surface area contributed by atoms with Crippen LogP contribution in [0.4, 0.5) is 5.69 Å². The van der Waals surface area contributed by atoms with Crippen LogP contribution < -0.4 is 4.90 Å². The molecule has 5 aliphatic rings. The standard InChI is InChI=1S/C29H44N2O2/c1-28-13-12-24-22(23(28)10-11-27(28)33)9-8-20-18-26(32)25(19-29(20,24)2)31-16-14-30(15-17-31)21-6-4-3-5-7-21/h3-7,20,22-27,32-33H,8-19H2,1-2H3/t20-,22-,23-,24-,25-,26-,27-,28-,29-/m0/s1. The minimum atomic E-state index is -0.176. The van der Waals surface area contributed by atoms with Crippen LogP contribution in [0.5, 0.6) is 0 Å². The lowest BCUT2D eigenvalue weighted by Crippen LogP contribution is -2.62. The second-order valence-electron chi connectivity index (χ2n) is 12.7. The van der Waals surface area contributed by atoms with Crippen LogP contribution in [0.25, 0.3) is 0 Å². The number of anilines is 1. The quantitative estimate of drug-likeness (QED) is 0.691. The molecule has 0 unspecified atom stereocenters. The fourth-order valence-corrected chi connectivity index (χ4v) is 9.57. The van der Waals surface area contributed by atoms with Crippen LogP contribution >= 0.6 is 0 Å². The molecule has 4 aliphatic carbocycles. The van der Waals surface area contributed by atoms with Crippen molar-refractivity contribution in [3.8, 4) is 0 Å². The van der Waals surface area contributed by atoms with Crippen molar-refractivity contribution in [2.45, 2.75) is 83.5 Å². The monoisotopic (exact) mass is 452 g/mol. The van der Waals surface area contributed by atoms with Crippen LogP contribution in [-0.2, 0) is 0 Å². The molecule has 1 aromatic carbocycles. The van der Waals surface area contributed by atoms with Gasteiger partial charge in [0.05, 0.1) is 12.2 Å². The molecule has 0 aromatic heterocycles. The van der Waals surface area contributed by atoms with E-state index in [0.29, 0.717) is 23.3 Å². The Morgan fingerprint density at radius 2 is 1.55 bits per heavy atom. The zero-order valence-corrected chi connectivity index (χ0v) is 20.7. The summed E-state index contributed by atoms with van der Waals surface area (Å²) in [6, 6.07) is 11.1. The number of hydrogen-bond donors (Lipinski definition) is 2. The molecule has 1 aliphatic heterocycles. The van der Waals surface area contributed by atoms with Crippen molar-refractivity contribution in [2.75, 3.05) is 31.1 Å². The first kappa shape index (κ1) is 22.4. The minimum Gasteiger partial charge on any atom is -0.393 e. The van der Waals surface area contributed by atoms with Gasteiger partial charge in [0.25, 0.3) is 0 Å². The van der Waals surface area contributed by atoms with E-state index in [1.807, 2.05) is 0 Å². The van der Waals surface area contributed by atoms with Crippen LogP contribution in [0.2, 0.25) is 0 Å². The number of benzene rings is 1. The van der Waals surface area contributed by atoms with Crippen LogP contribution in [0.15, 0.2) is 30.3 Å². The Bertz CT molecular complexity index is 839. The average Bonchev–Trinajstić information content (AvgIpc) is 3.14. The number of hydrogen-bond acceptors (Lipinski definition) is 4. The molecule has 1 heterocycles. The highest BCUT2D eigenvalue weighted by Gasteiger charge is 2.61. The van der Waals surface area contributed by atoms with E-state index >= 15 is 0 Å². The maximum atomic E-state index is 11.3. The van der Waals surface area contributed by atoms with Gasteiger partial charge >= 0.3 is 0 Å². The summed E-state index contributed by atoms with van der Waals surface area (Å²) in [6.45, 7) is 9.20. The van der Waals surface area contributed by atoms with Crippen molar-refractivity contribution in [3.63, 3.8) is 0 Å². The van der Waals surface area contributed by atoms with Crippen molar-refractivity contribution in [2.24, 2.45) is 34.5 Å². The second kappa shape index (κ2) is 8.24. The highest BCUT2D eigenvalue weighted by Crippen LogP contribution is 2.66. The van der Waals surface area contributed by atoms with Gasteiger partial charge < -0.3 is 15.1 Å². The highest BCUT2D eigenvalue weighted by atomic mass is 16.3. The number of para-hydroxylation sites is 1. The lowest BCUT2D eigenvalue weighted by Gasteiger charge is -2.62. The molecule has 9 atom stereocenters. The molecule has 182 valence electrons. The van der Waals surface area contributed by atoms with Crippen molar-refractivity contribution < 1.29 is 10.2 Å². The van der Waals surface area contributed by atoms with Crippen LogP contribution in [-0.4, -0.2) is 59.5 Å². The second-order valence-corrected chi connectivity index (χ2v) is 12.7. The number of piperazine rings is 1. The van der Waals surface area contributed by atoms with E-state index in [1.165, 1.54) is 37.8 Å². The third-order valence-electron chi connectivity index (χ3n) is 11.5. The molecular formula is C29H44N2O2. The first-order valence-corrected chi connectivity index (χ1v) is 13.8. The van der Waals surface area contributed by atoms with E-state index < -0.39 is 0 Å². The van der Waals surface area contributed by atoms with E-state index in [4.69, 9.17) is 0 Å². The SMILES string of the molecule is C[C@]12C[C@H](N3CCN(c4ccccc4)CC3)[C@@H](O)C[C@@H]1CC[C@@H]1[C@@H]2CC[C@]2(C)[C@@H](O)CC[C@@H]12. The topological polar surface area (TPSA) is 46.9 Å². The molecule has 0 bridgehead atoms. The van der Waals surface area contributed by atoms with E-state index in [0.717, 1.165) is 57.3 Å². The molecule has 5 fully saturated rings. The molecule has 2 N–H and O–H groups in total. The molecular weight excluding hydrogens is 408 g/mol. The predicted molar refractivity (Wildman–Crippen MR) is 133 cm³/mol. The van der Waals surface area contributed by atoms with E-state index in [2.05, 4.69) is 54.0 Å². The average molecular weight is 453 g/mol. The maximum Gasteiger partial charge on any atom is 0.0698 e. The summed E-state index contributed by atoms with van der Waals surface area (Å²) in [5.41, 5.74) is 1.83. The van der Waals surface area contributed by atoms with Gasteiger partial charge in [-0.05, 0) is 98.0 Å².